The van der Waals surface area contributed by atoms with Gasteiger partial charge >= 0.3 is 5.91 Å². The highest BCUT2D eigenvalue weighted by atomic mass is 16.8. The third kappa shape index (κ3) is 1.33. The minimum atomic E-state index is -1.35. The van der Waals surface area contributed by atoms with Gasteiger partial charge in [-0.1, -0.05) is 29.8 Å². The zero-order chi connectivity index (χ0) is 16.5. The van der Waals surface area contributed by atoms with Gasteiger partial charge in [0.05, 0.1) is 24.8 Å². The molecule has 1 aromatic rings. The maximum absolute atomic E-state index is 10.0. The Kier molecular flexibility index (Phi) is 2.54. The van der Waals surface area contributed by atoms with E-state index in [-0.39, 0.29) is 17.9 Å². The van der Waals surface area contributed by atoms with Crippen LogP contribution in [0.1, 0.15) is 24.0 Å². The van der Waals surface area contributed by atoms with E-state index in [2.05, 4.69) is 17.1 Å². The number of nitrogens with one attached hydrogen (secondary N) is 1. The highest BCUT2D eigenvalue weighted by Gasteiger charge is 2.97. The van der Waals surface area contributed by atoms with Gasteiger partial charge in [0.15, 0.2) is 10.8 Å². The van der Waals surface area contributed by atoms with Gasteiger partial charge in [-0.25, -0.2) is 4.99 Å². The van der Waals surface area contributed by atoms with Gasteiger partial charge in [0, 0.05) is 5.92 Å². The lowest BCUT2D eigenvalue weighted by atomic mass is 9.93. The fraction of sp³-hybridized carbons (Fsp3) is 0.471. The standard InChI is InChI=1S/C17H16N4O2/c1-10-3-5-12(6-4-10)13-15(8-18)14(20)21-17(16(13,15)9-19)22-7-11(2)23-17/h3-6,11,13H,7H2,1-2H3,(H2,20,21)/p+1/t11-,13-,15+,16+,17+/m0/s1. The summed E-state index contributed by atoms with van der Waals surface area (Å²) < 4.78 is 11.7. The van der Waals surface area contributed by atoms with Gasteiger partial charge in [-0.15, -0.1) is 0 Å². The van der Waals surface area contributed by atoms with Gasteiger partial charge in [0.25, 0.3) is 5.84 Å². The first kappa shape index (κ1) is 14.2. The van der Waals surface area contributed by atoms with E-state index in [9.17, 15) is 10.5 Å². The Labute approximate surface area is 134 Å². The number of fused-ring (bicyclic) bond motifs is 2. The van der Waals surface area contributed by atoms with Crippen LogP contribution >= 0.6 is 0 Å². The fourth-order valence-corrected chi connectivity index (χ4v) is 4.22. The van der Waals surface area contributed by atoms with Gasteiger partial charge in [-0.05, 0) is 19.4 Å². The molecule has 3 aliphatic rings. The third-order valence-electron chi connectivity index (χ3n) is 5.30. The van der Waals surface area contributed by atoms with Gasteiger partial charge in [0.2, 0.25) is 0 Å². The summed E-state index contributed by atoms with van der Waals surface area (Å²) in [6.07, 6.45) is -0.172. The summed E-state index contributed by atoms with van der Waals surface area (Å²) in [6.45, 7) is 4.21. The van der Waals surface area contributed by atoms with E-state index in [4.69, 9.17) is 15.2 Å². The van der Waals surface area contributed by atoms with Crippen LogP contribution in [0.15, 0.2) is 24.3 Å². The van der Waals surface area contributed by atoms with Crippen molar-refractivity contribution >= 4 is 5.84 Å². The Bertz CT molecular complexity index is 805. The summed E-state index contributed by atoms with van der Waals surface area (Å²) in [5, 5.41) is 19.9. The van der Waals surface area contributed by atoms with E-state index in [0.29, 0.717) is 6.61 Å². The molecular formula is C17H17N4O2+. The number of rotatable bonds is 1. The Morgan fingerprint density at radius 1 is 1.26 bits per heavy atom. The average Bonchev–Trinajstić information content (AvgIpc) is 2.92. The predicted octanol–water partition coefficient (Wildman–Crippen LogP) is -0.347. The molecule has 1 saturated carbocycles. The molecule has 2 aliphatic heterocycles. The number of nitrogens with zero attached hydrogens (tertiary/aromatic N) is 2. The van der Waals surface area contributed by atoms with Crippen molar-refractivity contribution in [2.75, 3.05) is 6.61 Å². The molecule has 1 aromatic carbocycles. The number of hydrogen-bond donors (Lipinski definition) is 2. The van der Waals surface area contributed by atoms with Gasteiger partial charge < -0.3 is 9.47 Å². The van der Waals surface area contributed by atoms with Crippen molar-refractivity contribution in [2.24, 2.45) is 16.6 Å². The number of aryl methyl sites for hydroxylation is 1. The number of benzene rings is 1. The van der Waals surface area contributed by atoms with Crippen molar-refractivity contribution in [2.45, 2.75) is 31.8 Å². The lowest BCUT2D eigenvalue weighted by Crippen LogP contribution is -2.90. The topological polar surface area (TPSA) is 106 Å². The van der Waals surface area contributed by atoms with E-state index >= 15 is 0 Å². The maximum atomic E-state index is 10.0. The van der Waals surface area contributed by atoms with Crippen molar-refractivity contribution in [3.8, 4) is 12.1 Å². The normalized spacial score (nSPS) is 43.6. The SMILES string of the molecule is Cc1ccc([C@@H]2[C@@]3(C#N)[C@@]4([NH+]=C(N)[C@@]23C#N)OC[C@H](C)O4)cc1. The van der Waals surface area contributed by atoms with Gasteiger partial charge in [-0.2, -0.15) is 10.5 Å². The van der Waals surface area contributed by atoms with Crippen molar-refractivity contribution in [3.63, 3.8) is 0 Å². The molecule has 3 N–H and O–H groups in total. The molecule has 6 nitrogen and oxygen atoms in total. The van der Waals surface area contributed by atoms with E-state index in [1.54, 1.807) is 0 Å². The molecule has 116 valence electrons. The largest absolute Gasteiger partial charge is 0.343 e. The molecular weight excluding hydrogens is 292 g/mol. The quantitative estimate of drug-likeness (QED) is 0.738. The molecule has 0 radical (unpaired) electrons. The second-order valence-corrected chi connectivity index (χ2v) is 6.58. The van der Waals surface area contributed by atoms with Crippen LogP contribution in [0.4, 0.5) is 0 Å². The molecule has 2 fully saturated rings. The first-order chi connectivity index (χ1) is 11.0. The van der Waals surface area contributed by atoms with Gasteiger partial charge in [-0.3, -0.25) is 5.73 Å². The van der Waals surface area contributed by atoms with Crippen LogP contribution in [0.2, 0.25) is 0 Å². The average molecular weight is 309 g/mol. The lowest BCUT2D eigenvalue weighted by Gasteiger charge is -2.24. The molecule has 1 aliphatic carbocycles. The van der Waals surface area contributed by atoms with Crippen molar-refractivity contribution < 1.29 is 14.5 Å². The van der Waals surface area contributed by atoms with Crippen LogP contribution in [-0.2, 0) is 9.47 Å². The molecule has 0 unspecified atom stereocenters. The Balaban J connectivity index is 1.91. The second-order valence-electron chi connectivity index (χ2n) is 6.58. The fourth-order valence-electron chi connectivity index (χ4n) is 4.22. The number of amidine groups is 1. The molecule has 5 atom stereocenters. The molecule has 2 heterocycles. The first-order valence-electron chi connectivity index (χ1n) is 7.59. The summed E-state index contributed by atoms with van der Waals surface area (Å²) >= 11 is 0. The molecule has 6 heteroatoms. The van der Waals surface area contributed by atoms with Crippen LogP contribution in [0.25, 0.3) is 0 Å². The van der Waals surface area contributed by atoms with Gasteiger partial charge in [0.1, 0.15) is 0 Å². The Hall–Kier alpha value is -2.41. The highest BCUT2D eigenvalue weighted by molar-refractivity contribution is 5.95. The first-order valence-corrected chi connectivity index (χ1v) is 7.59. The summed E-state index contributed by atoms with van der Waals surface area (Å²) in [4.78, 5) is 2.96. The highest BCUT2D eigenvalue weighted by Crippen LogP contribution is 2.79. The third-order valence-corrected chi connectivity index (χ3v) is 5.30. The number of nitrogens with two attached hydrogens (primary N) is 1. The Morgan fingerprint density at radius 3 is 2.48 bits per heavy atom. The number of nitriles is 2. The van der Waals surface area contributed by atoms with Crippen LogP contribution in [0, 0.1) is 40.4 Å². The summed E-state index contributed by atoms with van der Waals surface area (Å²) in [7, 11) is 0. The molecule has 0 bridgehead atoms. The van der Waals surface area contributed by atoms with Crippen LogP contribution < -0.4 is 10.7 Å². The second kappa shape index (κ2) is 4.11. The number of hydrogen-bond acceptors (Lipinski definition) is 5. The zero-order valence-corrected chi connectivity index (χ0v) is 13.0. The van der Waals surface area contributed by atoms with Crippen molar-refractivity contribution in [1.29, 1.82) is 10.5 Å². The smallest absolute Gasteiger partial charge is 0.311 e. The van der Waals surface area contributed by atoms with Crippen molar-refractivity contribution in [3.05, 3.63) is 35.4 Å². The lowest BCUT2D eigenvalue weighted by molar-refractivity contribution is -0.677. The summed E-state index contributed by atoms with van der Waals surface area (Å²) in [5.41, 5.74) is 5.85. The van der Waals surface area contributed by atoms with Crippen LogP contribution in [0.5, 0.6) is 0 Å². The van der Waals surface area contributed by atoms with Crippen LogP contribution in [0.3, 0.4) is 0 Å². The molecule has 4 rings (SSSR count). The summed E-state index contributed by atoms with van der Waals surface area (Å²) in [5.74, 6) is -1.48. The predicted molar refractivity (Wildman–Crippen MR) is 79.4 cm³/mol. The van der Waals surface area contributed by atoms with E-state index in [0.717, 1.165) is 11.1 Å². The summed E-state index contributed by atoms with van der Waals surface area (Å²) in [6, 6.07) is 12.4. The van der Waals surface area contributed by atoms with Crippen molar-refractivity contribution in [1.82, 2.24) is 0 Å². The molecule has 1 spiro atoms. The zero-order valence-electron chi connectivity index (χ0n) is 13.0. The molecule has 0 aromatic heterocycles. The minimum Gasteiger partial charge on any atom is -0.311 e. The van der Waals surface area contributed by atoms with E-state index in [1.165, 1.54) is 0 Å². The van der Waals surface area contributed by atoms with Crippen LogP contribution in [-0.4, -0.2) is 24.5 Å². The van der Waals surface area contributed by atoms with E-state index < -0.39 is 16.7 Å². The Morgan fingerprint density at radius 2 is 1.96 bits per heavy atom. The molecule has 0 amide bonds. The monoisotopic (exact) mass is 309 g/mol. The maximum Gasteiger partial charge on any atom is 0.343 e. The minimum absolute atomic E-state index is 0.172. The molecule has 1 saturated heterocycles. The number of ether oxygens (including phenoxy) is 2. The van der Waals surface area contributed by atoms with E-state index in [1.807, 2.05) is 38.1 Å². The molecule has 23 heavy (non-hydrogen) atoms.